The highest BCUT2D eigenvalue weighted by molar-refractivity contribution is 9.10. The first-order valence-corrected chi connectivity index (χ1v) is 6.40. The van der Waals surface area contributed by atoms with E-state index < -0.39 is 11.9 Å². The molecule has 1 N–H and O–H groups in total. The summed E-state index contributed by atoms with van der Waals surface area (Å²) in [6.45, 7) is 2.01. The number of halogens is 1. The quantitative estimate of drug-likeness (QED) is 0.908. The Balaban J connectivity index is 2.57. The van der Waals surface area contributed by atoms with E-state index in [1.54, 1.807) is 11.9 Å². The Hall–Kier alpha value is -1.36. The van der Waals surface area contributed by atoms with Crippen LogP contribution in [0.15, 0.2) is 28.7 Å². The lowest BCUT2D eigenvalue weighted by Crippen LogP contribution is -2.29. The number of carboxylic acids is 1. The van der Waals surface area contributed by atoms with Gasteiger partial charge < -0.3 is 10.0 Å². The number of rotatable bonds is 5. The van der Waals surface area contributed by atoms with Crippen LogP contribution in [0.1, 0.15) is 18.9 Å². The summed E-state index contributed by atoms with van der Waals surface area (Å²) in [6.07, 6.45) is 0.0276. The van der Waals surface area contributed by atoms with Crippen LogP contribution in [0.2, 0.25) is 0 Å². The van der Waals surface area contributed by atoms with Crippen molar-refractivity contribution in [3.05, 3.63) is 34.3 Å². The van der Waals surface area contributed by atoms with E-state index >= 15 is 0 Å². The van der Waals surface area contributed by atoms with Gasteiger partial charge in [-0.15, -0.1) is 0 Å². The van der Waals surface area contributed by atoms with Gasteiger partial charge in [0, 0.05) is 24.5 Å². The fourth-order valence-electron chi connectivity index (χ4n) is 1.50. The second-order valence-electron chi connectivity index (χ2n) is 4.32. The maximum atomic E-state index is 11.8. The molecule has 1 amide bonds. The van der Waals surface area contributed by atoms with Crippen molar-refractivity contribution in [2.45, 2.75) is 19.9 Å². The molecule has 1 rings (SSSR count). The van der Waals surface area contributed by atoms with Crippen LogP contribution in [0.3, 0.4) is 0 Å². The van der Waals surface area contributed by atoms with Crippen molar-refractivity contribution in [3.63, 3.8) is 0 Å². The Bertz CT molecular complexity index is 448. The van der Waals surface area contributed by atoms with Crippen LogP contribution in [-0.4, -0.2) is 28.9 Å². The van der Waals surface area contributed by atoms with Crippen molar-refractivity contribution in [3.8, 4) is 0 Å². The first kappa shape index (κ1) is 14.7. The summed E-state index contributed by atoms with van der Waals surface area (Å²) < 4.78 is 0.958. The molecule has 18 heavy (non-hydrogen) atoms. The predicted molar refractivity (Wildman–Crippen MR) is 72.0 cm³/mol. The molecule has 0 saturated heterocycles. The van der Waals surface area contributed by atoms with Crippen LogP contribution in [0.5, 0.6) is 0 Å². The third-order valence-corrected chi connectivity index (χ3v) is 3.13. The van der Waals surface area contributed by atoms with E-state index in [0.29, 0.717) is 6.54 Å². The summed E-state index contributed by atoms with van der Waals surface area (Å²) >= 11 is 3.37. The molecule has 0 saturated carbocycles. The molecule has 0 aliphatic heterocycles. The van der Waals surface area contributed by atoms with Gasteiger partial charge in [0.2, 0.25) is 5.91 Å². The topological polar surface area (TPSA) is 57.6 Å². The molecule has 0 aromatic heterocycles. The Morgan fingerprint density at radius 1 is 1.44 bits per heavy atom. The molecular formula is C13H16BrNO3. The number of hydrogen-bond acceptors (Lipinski definition) is 2. The smallest absolute Gasteiger partial charge is 0.306 e. The van der Waals surface area contributed by atoms with E-state index in [2.05, 4.69) is 15.9 Å². The van der Waals surface area contributed by atoms with Crippen LogP contribution in [0, 0.1) is 5.92 Å². The molecule has 0 radical (unpaired) electrons. The van der Waals surface area contributed by atoms with Crippen LogP contribution in [0.4, 0.5) is 0 Å². The zero-order chi connectivity index (χ0) is 13.7. The highest BCUT2D eigenvalue weighted by Gasteiger charge is 2.18. The first-order chi connectivity index (χ1) is 8.40. The maximum absolute atomic E-state index is 11.8. The van der Waals surface area contributed by atoms with E-state index in [1.807, 2.05) is 24.3 Å². The molecule has 1 atom stereocenters. The minimum atomic E-state index is -0.945. The van der Waals surface area contributed by atoms with Gasteiger partial charge in [-0.3, -0.25) is 9.59 Å². The third kappa shape index (κ3) is 4.49. The fourth-order valence-corrected chi connectivity index (χ4v) is 1.95. The molecule has 4 nitrogen and oxygen atoms in total. The SMILES string of the molecule is CC(CC(=O)N(C)Cc1cccc(Br)c1)C(=O)O. The van der Waals surface area contributed by atoms with Crippen LogP contribution >= 0.6 is 15.9 Å². The van der Waals surface area contributed by atoms with E-state index in [1.165, 1.54) is 6.92 Å². The summed E-state index contributed by atoms with van der Waals surface area (Å²) in [7, 11) is 1.68. The molecular weight excluding hydrogens is 298 g/mol. The lowest BCUT2D eigenvalue weighted by atomic mass is 10.1. The van der Waals surface area contributed by atoms with Crippen LogP contribution < -0.4 is 0 Å². The minimum Gasteiger partial charge on any atom is -0.481 e. The number of aliphatic carboxylic acids is 1. The molecule has 1 unspecified atom stereocenters. The van der Waals surface area contributed by atoms with Crippen molar-refractivity contribution in [1.82, 2.24) is 4.90 Å². The van der Waals surface area contributed by atoms with Gasteiger partial charge in [0.25, 0.3) is 0 Å². The van der Waals surface area contributed by atoms with Gasteiger partial charge in [0.15, 0.2) is 0 Å². The molecule has 1 aromatic carbocycles. The zero-order valence-electron chi connectivity index (χ0n) is 10.4. The number of hydrogen-bond donors (Lipinski definition) is 1. The van der Waals surface area contributed by atoms with Crippen molar-refractivity contribution in [1.29, 1.82) is 0 Å². The first-order valence-electron chi connectivity index (χ1n) is 5.61. The highest BCUT2D eigenvalue weighted by atomic mass is 79.9. The predicted octanol–water partition coefficient (Wildman–Crippen LogP) is 2.52. The molecule has 0 aliphatic rings. The van der Waals surface area contributed by atoms with E-state index in [9.17, 15) is 9.59 Å². The maximum Gasteiger partial charge on any atom is 0.306 e. The Morgan fingerprint density at radius 3 is 2.67 bits per heavy atom. The lowest BCUT2D eigenvalue weighted by molar-refractivity contribution is -0.145. The average Bonchev–Trinajstić information content (AvgIpc) is 2.28. The number of nitrogens with zero attached hydrogens (tertiary/aromatic N) is 1. The number of carbonyl (C=O) groups is 2. The van der Waals surface area contributed by atoms with Gasteiger partial charge in [-0.2, -0.15) is 0 Å². The molecule has 0 heterocycles. The Morgan fingerprint density at radius 2 is 2.11 bits per heavy atom. The van der Waals surface area contributed by atoms with Gasteiger partial charge in [-0.1, -0.05) is 35.0 Å². The van der Waals surface area contributed by atoms with Gasteiger partial charge in [0.05, 0.1) is 5.92 Å². The summed E-state index contributed by atoms with van der Waals surface area (Å²) in [4.78, 5) is 24.0. The highest BCUT2D eigenvalue weighted by Crippen LogP contribution is 2.14. The van der Waals surface area contributed by atoms with Crippen molar-refractivity contribution >= 4 is 27.8 Å². The van der Waals surface area contributed by atoms with Gasteiger partial charge in [0.1, 0.15) is 0 Å². The summed E-state index contributed by atoms with van der Waals surface area (Å²) in [5.41, 5.74) is 1.00. The van der Waals surface area contributed by atoms with Crippen molar-refractivity contribution < 1.29 is 14.7 Å². The van der Waals surface area contributed by atoms with E-state index in [4.69, 9.17) is 5.11 Å². The summed E-state index contributed by atoms with van der Waals surface area (Å²) in [5.74, 6) is -1.76. The molecule has 0 fully saturated rings. The van der Waals surface area contributed by atoms with E-state index in [0.717, 1.165) is 10.0 Å². The molecule has 0 spiro atoms. The number of carbonyl (C=O) groups excluding carboxylic acids is 1. The normalized spacial score (nSPS) is 11.9. The standard InChI is InChI=1S/C13H16BrNO3/c1-9(13(17)18)6-12(16)15(2)8-10-4-3-5-11(14)7-10/h3-5,7,9H,6,8H2,1-2H3,(H,17,18). The number of amides is 1. The van der Waals surface area contributed by atoms with Crippen LogP contribution in [-0.2, 0) is 16.1 Å². The van der Waals surface area contributed by atoms with Gasteiger partial charge in [-0.25, -0.2) is 0 Å². The summed E-state index contributed by atoms with van der Waals surface area (Å²) in [5, 5.41) is 8.76. The lowest BCUT2D eigenvalue weighted by Gasteiger charge is -2.18. The van der Waals surface area contributed by atoms with Crippen molar-refractivity contribution in [2.75, 3.05) is 7.05 Å². The van der Waals surface area contributed by atoms with Crippen molar-refractivity contribution in [2.24, 2.45) is 5.92 Å². The Labute approximate surface area is 115 Å². The monoisotopic (exact) mass is 313 g/mol. The van der Waals surface area contributed by atoms with E-state index in [-0.39, 0.29) is 12.3 Å². The average molecular weight is 314 g/mol. The fraction of sp³-hybridized carbons (Fsp3) is 0.385. The van der Waals surface area contributed by atoms with Gasteiger partial charge in [-0.05, 0) is 17.7 Å². The molecule has 1 aromatic rings. The molecule has 0 aliphatic carbocycles. The number of benzene rings is 1. The Kier molecular flexibility index (Phi) is 5.34. The zero-order valence-corrected chi connectivity index (χ0v) is 12.0. The second kappa shape index (κ2) is 6.54. The largest absolute Gasteiger partial charge is 0.481 e. The minimum absolute atomic E-state index is 0.0276. The molecule has 5 heteroatoms. The second-order valence-corrected chi connectivity index (χ2v) is 5.24. The van der Waals surface area contributed by atoms with Crippen LogP contribution in [0.25, 0.3) is 0 Å². The van der Waals surface area contributed by atoms with Gasteiger partial charge >= 0.3 is 5.97 Å². The third-order valence-electron chi connectivity index (χ3n) is 2.64. The number of carboxylic acid groups (broad SMARTS) is 1. The molecule has 98 valence electrons. The summed E-state index contributed by atoms with van der Waals surface area (Å²) in [6, 6.07) is 7.68. The molecule has 0 bridgehead atoms.